The number of hydrogen-bond donors (Lipinski definition) is 2. The van der Waals surface area contributed by atoms with Gasteiger partial charge in [-0.3, -0.25) is 4.98 Å². The third-order valence-electron chi connectivity index (χ3n) is 1.60. The lowest BCUT2D eigenvalue weighted by atomic mass is 9.88. The largest absolute Gasteiger partial charge is 0.526 e. The molecule has 0 bridgehead atoms. The Balaban J connectivity index is 2.62. The van der Waals surface area contributed by atoms with Crippen LogP contribution in [0.2, 0.25) is 0 Å². The summed E-state index contributed by atoms with van der Waals surface area (Å²) in [4.78, 5) is 3.83. The third-order valence-corrected chi connectivity index (χ3v) is 1.60. The lowest BCUT2D eigenvalue weighted by Crippen LogP contribution is -2.27. The summed E-state index contributed by atoms with van der Waals surface area (Å²) in [7, 11) is -1.56. The van der Waals surface area contributed by atoms with E-state index < -0.39 is 7.12 Å². The summed E-state index contributed by atoms with van der Waals surface area (Å²) in [5.74, 6) is 0. The molecule has 0 radical (unpaired) electrons. The second-order valence-corrected chi connectivity index (χ2v) is 2.44. The number of furan rings is 1. The molecule has 2 heterocycles. The van der Waals surface area contributed by atoms with Crippen LogP contribution in [0.4, 0.5) is 0 Å². The van der Waals surface area contributed by atoms with Crippen LogP contribution in [0, 0.1) is 0 Å². The molecule has 0 aromatic carbocycles. The van der Waals surface area contributed by atoms with Crippen molar-refractivity contribution in [3.8, 4) is 0 Å². The summed E-state index contributed by atoms with van der Waals surface area (Å²) in [5, 5.41) is 18.3. The van der Waals surface area contributed by atoms with Crippen molar-refractivity contribution in [1.82, 2.24) is 4.98 Å². The minimum atomic E-state index is -1.56. The highest BCUT2D eigenvalue weighted by molar-refractivity contribution is 6.57. The Morgan fingerprint density at radius 3 is 2.92 bits per heavy atom. The van der Waals surface area contributed by atoms with Gasteiger partial charge in [0.25, 0.3) is 0 Å². The van der Waals surface area contributed by atoms with Crippen LogP contribution in [-0.4, -0.2) is 22.2 Å². The van der Waals surface area contributed by atoms with E-state index in [1.54, 1.807) is 18.3 Å². The van der Waals surface area contributed by atoms with E-state index in [1.807, 2.05) is 0 Å². The highest BCUT2D eigenvalue weighted by Crippen LogP contribution is 2.10. The van der Waals surface area contributed by atoms with E-state index >= 15 is 0 Å². The monoisotopic (exact) mass is 163 g/mol. The predicted molar refractivity (Wildman–Crippen MR) is 43.8 cm³/mol. The van der Waals surface area contributed by atoms with Crippen molar-refractivity contribution in [3.63, 3.8) is 0 Å². The first-order chi connectivity index (χ1) is 5.77. The molecule has 2 N–H and O–H groups in total. The van der Waals surface area contributed by atoms with E-state index in [4.69, 9.17) is 14.5 Å². The van der Waals surface area contributed by atoms with Crippen LogP contribution in [0.1, 0.15) is 0 Å². The van der Waals surface area contributed by atoms with Crippen molar-refractivity contribution < 1.29 is 14.5 Å². The van der Waals surface area contributed by atoms with Crippen molar-refractivity contribution >= 4 is 23.7 Å². The van der Waals surface area contributed by atoms with Crippen LogP contribution < -0.4 is 5.66 Å². The maximum atomic E-state index is 8.77. The number of nitrogens with zero attached hydrogens (tertiary/aromatic N) is 1. The van der Waals surface area contributed by atoms with Gasteiger partial charge in [0.2, 0.25) is 0 Å². The second-order valence-electron chi connectivity index (χ2n) is 2.44. The fourth-order valence-electron chi connectivity index (χ4n) is 1.03. The highest BCUT2D eigenvalue weighted by atomic mass is 16.4. The molecule has 12 heavy (non-hydrogen) atoms. The van der Waals surface area contributed by atoms with Crippen LogP contribution >= 0.6 is 0 Å². The van der Waals surface area contributed by atoms with Crippen LogP contribution in [-0.2, 0) is 0 Å². The molecule has 0 saturated carbocycles. The SMILES string of the molecule is OB(O)c1cc2ccncc2o1. The highest BCUT2D eigenvalue weighted by Gasteiger charge is 2.16. The van der Waals surface area contributed by atoms with Gasteiger partial charge < -0.3 is 14.5 Å². The van der Waals surface area contributed by atoms with E-state index in [0.29, 0.717) is 5.58 Å². The summed E-state index contributed by atoms with van der Waals surface area (Å²) in [6, 6.07) is 3.31. The van der Waals surface area contributed by atoms with Gasteiger partial charge in [0.15, 0.2) is 5.58 Å². The molecule has 0 unspecified atom stereocenters. The normalized spacial score (nSPS) is 10.5. The molecule has 4 nitrogen and oxygen atoms in total. The molecule has 0 amide bonds. The Bertz CT molecular complexity index is 365. The first kappa shape index (κ1) is 7.33. The van der Waals surface area contributed by atoms with E-state index in [2.05, 4.69) is 4.98 Å². The molecule has 0 aliphatic rings. The first-order valence-corrected chi connectivity index (χ1v) is 3.47. The van der Waals surface area contributed by atoms with Crippen LogP contribution in [0.5, 0.6) is 0 Å². The fraction of sp³-hybridized carbons (Fsp3) is 0. The van der Waals surface area contributed by atoms with Crippen molar-refractivity contribution in [2.45, 2.75) is 0 Å². The van der Waals surface area contributed by atoms with Crippen LogP contribution in [0.15, 0.2) is 28.9 Å². The van der Waals surface area contributed by atoms with E-state index in [0.717, 1.165) is 5.39 Å². The van der Waals surface area contributed by atoms with Crippen LogP contribution in [0.3, 0.4) is 0 Å². The van der Waals surface area contributed by atoms with Crippen molar-refractivity contribution in [3.05, 3.63) is 24.5 Å². The van der Waals surface area contributed by atoms with Gasteiger partial charge >= 0.3 is 7.12 Å². The summed E-state index contributed by atoms with van der Waals surface area (Å²) >= 11 is 0. The van der Waals surface area contributed by atoms with Crippen LogP contribution in [0.25, 0.3) is 11.0 Å². The van der Waals surface area contributed by atoms with Gasteiger partial charge in [0.05, 0.1) is 6.20 Å². The molecular formula is C7H6BNO3. The van der Waals surface area contributed by atoms with Gasteiger partial charge in [-0.25, -0.2) is 0 Å². The quantitative estimate of drug-likeness (QED) is 0.556. The number of pyridine rings is 1. The maximum absolute atomic E-state index is 8.77. The Morgan fingerprint density at radius 1 is 1.42 bits per heavy atom. The molecule has 2 aromatic rings. The zero-order chi connectivity index (χ0) is 8.55. The number of aromatic nitrogens is 1. The molecule has 0 saturated heterocycles. The minimum Gasteiger partial charge on any atom is -0.463 e. The molecule has 2 rings (SSSR count). The third kappa shape index (κ3) is 1.09. The lowest BCUT2D eigenvalue weighted by molar-refractivity contribution is 0.412. The Kier molecular flexibility index (Phi) is 1.60. The number of rotatable bonds is 1. The van der Waals surface area contributed by atoms with E-state index in [-0.39, 0.29) is 5.66 Å². The molecule has 60 valence electrons. The second kappa shape index (κ2) is 2.62. The average molecular weight is 163 g/mol. The van der Waals surface area contributed by atoms with Gasteiger partial charge in [-0.1, -0.05) is 0 Å². The topological polar surface area (TPSA) is 66.5 Å². The zero-order valence-corrected chi connectivity index (χ0v) is 6.14. The van der Waals surface area contributed by atoms with Crippen molar-refractivity contribution in [2.75, 3.05) is 0 Å². The smallest absolute Gasteiger partial charge is 0.463 e. The minimum absolute atomic E-state index is 0.137. The fourth-order valence-corrected chi connectivity index (χ4v) is 1.03. The van der Waals surface area contributed by atoms with Gasteiger partial charge in [-0.15, -0.1) is 0 Å². The molecular weight excluding hydrogens is 157 g/mol. The maximum Gasteiger partial charge on any atom is 0.526 e. The zero-order valence-electron chi connectivity index (χ0n) is 6.14. The molecule has 0 atom stereocenters. The van der Waals surface area contributed by atoms with Gasteiger partial charge in [0, 0.05) is 11.6 Å². The van der Waals surface area contributed by atoms with Gasteiger partial charge in [0.1, 0.15) is 5.66 Å². The average Bonchev–Trinajstić information content (AvgIpc) is 2.46. The Morgan fingerprint density at radius 2 is 2.25 bits per heavy atom. The van der Waals surface area contributed by atoms with Crippen molar-refractivity contribution in [1.29, 1.82) is 0 Å². The molecule has 0 aliphatic heterocycles. The van der Waals surface area contributed by atoms with E-state index in [9.17, 15) is 0 Å². The Hall–Kier alpha value is -1.33. The predicted octanol–water partition coefficient (Wildman–Crippen LogP) is -0.492. The summed E-state index contributed by atoms with van der Waals surface area (Å²) in [5.41, 5.74) is 0.693. The lowest BCUT2D eigenvalue weighted by Gasteiger charge is -1.88. The number of fused-ring (bicyclic) bond motifs is 1. The first-order valence-electron chi connectivity index (χ1n) is 3.47. The van der Waals surface area contributed by atoms with Crippen molar-refractivity contribution in [2.24, 2.45) is 0 Å². The molecule has 0 spiro atoms. The Labute approximate surface area is 68.6 Å². The molecule has 2 aromatic heterocycles. The summed E-state index contributed by atoms with van der Waals surface area (Å²) in [6.07, 6.45) is 3.15. The summed E-state index contributed by atoms with van der Waals surface area (Å²) < 4.78 is 5.07. The molecule has 0 aliphatic carbocycles. The van der Waals surface area contributed by atoms with E-state index in [1.165, 1.54) is 6.20 Å². The summed E-state index contributed by atoms with van der Waals surface area (Å²) in [6.45, 7) is 0. The van der Waals surface area contributed by atoms with Gasteiger partial charge in [-0.2, -0.15) is 0 Å². The molecule has 0 fully saturated rings. The number of hydrogen-bond acceptors (Lipinski definition) is 4. The standard InChI is InChI=1S/C7H6BNO3/c10-8(11)7-3-5-1-2-9-4-6(5)12-7/h1-4,10-11H. The molecule has 5 heteroatoms. The van der Waals surface area contributed by atoms with Gasteiger partial charge in [-0.05, 0) is 12.1 Å².